The van der Waals surface area contributed by atoms with Crippen LogP contribution in [0.4, 0.5) is 0 Å². The molecule has 0 aliphatic rings. The van der Waals surface area contributed by atoms with Gasteiger partial charge in [-0.3, -0.25) is 4.79 Å². The molecule has 0 radical (unpaired) electrons. The Morgan fingerprint density at radius 3 is 2.06 bits per heavy atom. The van der Waals surface area contributed by atoms with Gasteiger partial charge in [-0.15, -0.1) is 0 Å². The van der Waals surface area contributed by atoms with Crippen LogP contribution in [0.15, 0.2) is 54.6 Å². The number of esters is 1. The van der Waals surface area contributed by atoms with Crippen molar-refractivity contribution < 1.29 is 9.53 Å². The molecule has 0 atom stereocenters. The molecule has 0 heterocycles. The fourth-order valence-corrected chi connectivity index (χ4v) is 3.90. The molecule has 0 amide bonds. The summed E-state index contributed by atoms with van der Waals surface area (Å²) in [5.41, 5.74) is 1.05. The molecule has 0 unspecified atom stereocenters. The molecule has 0 aliphatic heterocycles. The van der Waals surface area contributed by atoms with Gasteiger partial charge in [-0.25, -0.2) is 0 Å². The van der Waals surface area contributed by atoms with Gasteiger partial charge in [0.15, 0.2) is 0 Å². The van der Waals surface area contributed by atoms with Crippen LogP contribution in [0.5, 0.6) is 0 Å². The second kappa shape index (κ2) is 16.6. The van der Waals surface area contributed by atoms with Gasteiger partial charge in [-0.2, -0.15) is 0 Å². The Kier molecular flexibility index (Phi) is 13.5. The maximum atomic E-state index is 12.0. The van der Waals surface area contributed by atoms with Crippen molar-refractivity contribution in [2.45, 2.75) is 103 Å². The number of rotatable bonds is 17. The maximum absolute atomic E-state index is 12.0. The monoisotopic (exact) mass is 422 g/mol. The quantitative estimate of drug-likeness (QED) is 0.144. The zero-order valence-corrected chi connectivity index (χ0v) is 19.6. The predicted octanol–water partition coefficient (Wildman–Crippen LogP) is 8.92. The molecule has 0 bridgehead atoms. The number of carbonyl (C=O) groups is 1. The van der Waals surface area contributed by atoms with Crippen molar-refractivity contribution in [3.8, 4) is 0 Å². The normalized spacial score (nSPS) is 11.4. The summed E-state index contributed by atoms with van der Waals surface area (Å²) in [5, 5.41) is 2.40. The average molecular weight is 423 g/mol. The number of unbranched alkanes of at least 4 members (excludes halogenated alkanes) is 11. The van der Waals surface area contributed by atoms with Crippen molar-refractivity contribution >= 4 is 16.7 Å². The van der Waals surface area contributed by atoms with Crippen molar-refractivity contribution in [1.29, 1.82) is 0 Å². The smallest absolute Gasteiger partial charge is 0.306 e. The van der Waals surface area contributed by atoms with Crippen molar-refractivity contribution in [3.63, 3.8) is 0 Å². The molecule has 2 aromatic carbocycles. The van der Waals surface area contributed by atoms with Crippen molar-refractivity contribution in [2.75, 3.05) is 0 Å². The summed E-state index contributed by atoms with van der Waals surface area (Å²) in [4.78, 5) is 12.0. The number of hydrogen-bond donors (Lipinski definition) is 0. The van der Waals surface area contributed by atoms with Crippen LogP contribution in [0.1, 0.15) is 102 Å². The van der Waals surface area contributed by atoms with Gasteiger partial charge in [0.25, 0.3) is 0 Å². The lowest BCUT2D eigenvalue weighted by Gasteiger charge is -2.06. The highest BCUT2D eigenvalue weighted by atomic mass is 16.5. The van der Waals surface area contributed by atoms with Crippen LogP contribution in [-0.4, -0.2) is 5.97 Å². The molecule has 0 spiro atoms. The highest BCUT2D eigenvalue weighted by Crippen LogP contribution is 2.16. The fourth-order valence-electron chi connectivity index (χ4n) is 3.90. The van der Waals surface area contributed by atoms with Crippen LogP contribution in [0.25, 0.3) is 10.8 Å². The Labute approximate surface area is 190 Å². The summed E-state index contributed by atoms with van der Waals surface area (Å²) < 4.78 is 5.45. The predicted molar refractivity (Wildman–Crippen MR) is 133 cm³/mol. The first-order chi connectivity index (χ1) is 15.3. The Bertz CT molecular complexity index is 762. The first-order valence-electron chi connectivity index (χ1n) is 12.6. The van der Waals surface area contributed by atoms with E-state index in [2.05, 4.69) is 43.3 Å². The van der Waals surface area contributed by atoms with Crippen molar-refractivity contribution in [3.05, 3.63) is 60.2 Å². The zero-order chi connectivity index (χ0) is 22.0. The number of allylic oxidation sites excluding steroid dienone is 2. The summed E-state index contributed by atoms with van der Waals surface area (Å²) in [5.74, 6) is -0.0780. The lowest BCUT2D eigenvalue weighted by molar-refractivity contribution is -0.145. The topological polar surface area (TPSA) is 26.3 Å². The van der Waals surface area contributed by atoms with Gasteiger partial charge in [0.05, 0.1) is 0 Å². The molecule has 2 nitrogen and oxygen atoms in total. The van der Waals surface area contributed by atoms with E-state index in [4.69, 9.17) is 4.74 Å². The molecule has 2 rings (SSSR count). The van der Waals surface area contributed by atoms with E-state index in [0.29, 0.717) is 13.0 Å². The Balaban J connectivity index is 1.40. The van der Waals surface area contributed by atoms with E-state index in [1.165, 1.54) is 81.4 Å². The number of ether oxygens (including phenoxy) is 1. The molecule has 0 fully saturated rings. The number of carbonyl (C=O) groups excluding carboxylic acids is 1. The van der Waals surface area contributed by atoms with E-state index in [1.54, 1.807) is 0 Å². The first-order valence-corrected chi connectivity index (χ1v) is 12.6. The van der Waals surface area contributed by atoms with E-state index in [0.717, 1.165) is 18.4 Å². The van der Waals surface area contributed by atoms with Crippen molar-refractivity contribution in [2.24, 2.45) is 0 Å². The summed E-state index contributed by atoms with van der Waals surface area (Å²) in [7, 11) is 0. The zero-order valence-electron chi connectivity index (χ0n) is 19.6. The largest absolute Gasteiger partial charge is 0.461 e. The highest BCUT2D eigenvalue weighted by Gasteiger charge is 2.04. The summed E-state index contributed by atoms with van der Waals surface area (Å²) in [6.45, 7) is 2.64. The van der Waals surface area contributed by atoms with Crippen LogP contribution < -0.4 is 0 Å². The lowest BCUT2D eigenvalue weighted by Crippen LogP contribution is -2.04. The van der Waals surface area contributed by atoms with Crippen LogP contribution in [0.3, 0.4) is 0 Å². The minimum Gasteiger partial charge on any atom is -0.461 e. The van der Waals surface area contributed by atoms with Gasteiger partial charge < -0.3 is 4.74 Å². The van der Waals surface area contributed by atoms with E-state index in [1.807, 2.05) is 18.2 Å². The third-order valence-electron chi connectivity index (χ3n) is 5.86. The Hall–Kier alpha value is -2.09. The molecular formula is C29H42O2. The second-order valence-electron chi connectivity index (χ2n) is 8.68. The van der Waals surface area contributed by atoms with E-state index < -0.39 is 0 Å². The lowest BCUT2D eigenvalue weighted by atomic mass is 10.1. The number of fused-ring (bicyclic) bond motifs is 1. The number of benzene rings is 2. The van der Waals surface area contributed by atoms with Gasteiger partial charge in [-0.05, 0) is 54.5 Å². The first kappa shape index (κ1) is 25.2. The molecule has 0 aliphatic carbocycles. The van der Waals surface area contributed by atoms with Gasteiger partial charge in [-0.1, -0.05) is 107 Å². The van der Waals surface area contributed by atoms with Crippen LogP contribution in [-0.2, 0) is 16.1 Å². The highest BCUT2D eigenvalue weighted by molar-refractivity contribution is 5.83. The van der Waals surface area contributed by atoms with Crippen LogP contribution >= 0.6 is 0 Å². The third kappa shape index (κ3) is 11.8. The number of hydrogen-bond acceptors (Lipinski definition) is 2. The maximum Gasteiger partial charge on any atom is 0.306 e. The van der Waals surface area contributed by atoms with Gasteiger partial charge in [0.2, 0.25) is 0 Å². The molecule has 2 heteroatoms. The summed E-state index contributed by atoms with van der Waals surface area (Å²) in [6, 6.07) is 14.5. The third-order valence-corrected chi connectivity index (χ3v) is 5.86. The second-order valence-corrected chi connectivity index (χ2v) is 8.68. The van der Waals surface area contributed by atoms with Gasteiger partial charge in [0, 0.05) is 6.42 Å². The molecule has 170 valence electrons. The Morgan fingerprint density at radius 1 is 0.742 bits per heavy atom. The minimum atomic E-state index is -0.0780. The van der Waals surface area contributed by atoms with Crippen LogP contribution in [0, 0.1) is 0 Å². The minimum absolute atomic E-state index is 0.0780. The van der Waals surface area contributed by atoms with E-state index in [9.17, 15) is 4.79 Å². The van der Waals surface area contributed by atoms with Gasteiger partial charge >= 0.3 is 5.97 Å². The van der Waals surface area contributed by atoms with E-state index >= 15 is 0 Å². The molecular weight excluding hydrogens is 380 g/mol. The molecule has 2 aromatic rings. The summed E-state index contributed by atoms with van der Waals surface area (Å²) in [6.07, 6.45) is 21.7. The van der Waals surface area contributed by atoms with Gasteiger partial charge in [0.1, 0.15) is 6.61 Å². The molecule has 31 heavy (non-hydrogen) atoms. The SMILES string of the molecule is CCCCCCCC/C=C\CCCCCCCC(=O)OCc1ccc2ccccc2c1. The Morgan fingerprint density at radius 2 is 1.35 bits per heavy atom. The fraction of sp³-hybridized carbons (Fsp3) is 0.552. The van der Waals surface area contributed by atoms with E-state index in [-0.39, 0.29) is 5.97 Å². The van der Waals surface area contributed by atoms with Crippen LogP contribution in [0.2, 0.25) is 0 Å². The molecule has 0 saturated heterocycles. The summed E-state index contributed by atoms with van der Waals surface area (Å²) >= 11 is 0. The standard InChI is InChI=1S/C29H42O2/c1-2-3-4-5-6-7-8-9-10-11-12-13-14-15-16-21-29(30)31-25-26-22-23-27-19-17-18-20-28(27)24-26/h9-10,17-20,22-24H,2-8,11-16,21,25H2,1H3/b10-9-. The molecule has 0 N–H and O–H groups in total. The molecule has 0 aromatic heterocycles. The van der Waals surface area contributed by atoms with Crippen molar-refractivity contribution in [1.82, 2.24) is 0 Å². The molecule has 0 saturated carbocycles. The average Bonchev–Trinajstić information content (AvgIpc) is 2.80.